The quantitative estimate of drug-likeness (QED) is 0.817. The summed E-state index contributed by atoms with van der Waals surface area (Å²) in [7, 11) is 0. The Hall–Kier alpha value is -1.35. The summed E-state index contributed by atoms with van der Waals surface area (Å²) in [4.78, 5) is 14.3. The molecule has 1 aliphatic heterocycles. The maximum absolute atomic E-state index is 12.3. The van der Waals surface area contributed by atoms with E-state index in [2.05, 4.69) is 24.3 Å². The minimum absolute atomic E-state index is 0.214. The first-order valence-electron chi connectivity index (χ1n) is 8.31. The number of benzene rings is 1. The van der Waals surface area contributed by atoms with E-state index < -0.39 is 0 Å². The van der Waals surface area contributed by atoms with Crippen LogP contribution in [0.1, 0.15) is 37.7 Å². The Morgan fingerprint density at radius 2 is 1.90 bits per heavy atom. The van der Waals surface area contributed by atoms with Crippen molar-refractivity contribution in [3.05, 3.63) is 35.9 Å². The first-order valence-corrected chi connectivity index (χ1v) is 8.31. The second-order valence-corrected chi connectivity index (χ2v) is 6.66. The molecule has 2 unspecified atom stereocenters. The average Bonchev–Trinajstić information content (AvgIpc) is 3.27. The van der Waals surface area contributed by atoms with Crippen LogP contribution < -0.4 is 5.73 Å². The summed E-state index contributed by atoms with van der Waals surface area (Å²) in [5.74, 6) is 1.68. The van der Waals surface area contributed by atoms with E-state index >= 15 is 0 Å². The van der Waals surface area contributed by atoms with Gasteiger partial charge in [-0.25, -0.2) is 0 Å². The van der Waals surface area contributed by atoms with Gasteiger partial charge in [-0.1, -0.05) is 30.3 Å². The van der Waals surface area contributed by atoms with Crippen molar-refractivity contribution < 1.29 is 4.79 Å². The highest BCUT2D eigenvalue weighted by molar-refractivity contribution is 5.76. The predicted octanol–water partition coefficient (Wildman–Crippen LogP) is 2.60. The van der Waals surface area contributed by atoms with Crippen molar-refractivity contribution in [2.24, 2.45) is 17.6 Å². The van der Waals surface area contributed by atoms with Crippen LogP contribution >= 0.6 is 0 Å². The van der Waals surface area contributed by atoms with Gasteiger partial charge in [0, 0.05) is 25.6 Å². The fraction of sp³-hybridized carbons (Fsp3) is 0.611. The van der Waals surface area contributed by atoms with Crippen molar-refractivity contribution in [3.8, 4) is 0 Å². The number of hydrogen-bond acceptors (Lipinski definition) is 2. The summed E-state index contributed by atoms with van der Waals surface area (Å²) >= 11 is 0. The SMILES string of the molecule is NC1CN(C(=O)CCCCc2ccccc2)CC1C1CC1. The monoisotopic (exact) mass is 286 g/mol. The highest BCUT2D eigenvalue weighted by Gasteiger charge is 2.41. The molecule has 2 fully saturated rings. The van der Waals surface area contributed by atoms with E-state index in [0.29, 0.717) is 18.2 Å². The number of likely N-dealkylation sites (tertiary alicyclic amines) is 1. The third kappa shape index (κ3) is 3.85. The van der Waals surface area contributed by atoms with E-state index in [4.69, 9.17) is 5.73 Å². The van der Waals surface area contributed by atoms with Crippen molar-refractivity contribution in [2.45, 2.75) is 44.6 Å². The van der Waals surface area contributed by atoms with Gasteiger partial charge in [-0.05, 0) is 49.5 Å². The Morgan fingerprint density at radius 1 is 1.14 bits per heavy atom. The molecule has 1 amide bonds. The Morgan fingerprint density at radius 3 is 2.62 bits per heavy atom. The van der Waals surface area contributed by atoms with Gasteiger partial charge in [0.15, 0.2) is 0 Å². The lowest BCUT2D eigenvalue weighted by molar-refractivity contribution is -0.130. The predicted molar refractivity (Wildman–Crippen MR) is 84.8 cm³/mol. The van der Waals surface area contributed by atoms with Crippen LogP contribution in [-0.4, -0.2) is 29.9 Å². The van der Waals surface area contributed by atoms with Crippen molar-refractivity contribution >= 4 is 5.91 Å². The number of rotatable bonds is 6. The van der Waals surface area contributed by atoms with Gasteiger partial charge in [0.05, 0.1) is 0 Å². The molecule has 3 heteroatoms. The lowest BCUT2D eigenvalue weighted by Gasteiger charge is -2.16. The van der Waals surface area contributed by atoms with E-state index in [1.807, 2.05) is 11.0 Å². The van der Waals surface area contributed by atoms with E-state index in [1.165, 1.54) is 18.4 Å². The molecule has 114 valence electrons. The second kappa shape index (κ2) is 6.61. The van der Waals surface area contributed by atoms with Crippen LogP contribution in [-0.2, 0) is 11.2 Å². The molecule has 0 spiro atoms. The molecule has 3 rings (SSSR count). The van der Waals surface area contributed by atoms with Crippen molar-refractivity contribution in [2.75, 3.05) is 13.1 Å². The zero-order chi connectivity index (χ0) is 14.7. The number of amides is 1. The number of nitrogens with two attached hydrogens (primary N) is 1. The fourth-order valence-electron chi connectivity index (χ4n) is 3.49. The van der Waals surface area contributed by atoms with Crippen LogP contribution in [0, 0.1) is 11.8 Å². The van der Waals surface area contributed by atoms with Crippen LogP contribution in [0.2, 0.25) is 0 Å². The number of hydrogen-bond donors (Lipinski definition) is 1. The number of carbonyl (C=O) groups excluding carboxylic acids is 1. The van der Waals surface area contributed by atoms with Crippen LogP contribution in [0.15, 0.2) is 30.3 Å². The van der Waals surface area contributed by atoms with Gasteiger partial charge in [-0.3, -0.25) is 4.79 Å². The molecule has 0 bridgehead atoms. The van der Waals surface area contributed by atoms with Gasteiger partial charge in [-0.15, -0.1) is 0 Å². The summed E-state index contributed by atoms with van der Waals surface area (Å²) in [6, 6.07) is 10.7. The molecule has 2 aliphatic rings. The molecule has 1 aliphatic carbocycles. The van der Waals surface area contributed by atoms with Gasteiger partial charge in [-0.2, -0.15) is 0 Å². The molecule has 1 aromatic rings. The molecule has 3 nitrogen and oxygen atoms in total. The van der Waals surface area contributed by atoms with Crippen LogP contribution in [0.4, 0.5) is 0 Å². The smallest absolute Gasteiger partial charge is 0.222 e. The van der Waals surface area contributed by atoms with E-state index in [9.17, 15) is 4.79 Å². The summed E-state index contributed by atoms with van der Waals surface area (Å²) in [5, 5.41) is 0. The Labute approximate surface area is 127 Å². The van der Waals surface area contributed by atoms with Gasteiger partial charge in [0.2, 0.25) is 5.91 Å². The molecule has 1 heterocycles. The van der Waals surface area contributed by atoms with Gasteiger partial charge < -0.3 is 10.6 Å². The number of nitrogens with zero attached hydrogens (tertiary/aromatic N) is 1. The molecular weight excluding hydrogens is 260 g/mol. The standard InChI is InChI=1S/C18H26N2O/c19-17-13-20(12-16(17)15-10-11-15)18(21)9-5-4-8-14-6-2-1-3-7-14/h1-3,6-7,15-17H,4-5,8-13,19H2. The minimum atomic E-state index is 0.214. The molecule has 21 heavy (non-hydrogen) atoms. The first-order chi connectivity index (χ1) is 10.2. The van der Waals surface area contributed by atoms with E-state index in [-0.39, 0.29) is 6.04 Å². The van der Waals surface area contributed by atoms with Crippen molar-refractivity contribution in [3.63, 3.8) is 0 Å². The maximum atomic E-state index is 12.3. The highest BCUT2D eigenvalue weighted by atomic mass is 16.2. The molecule has 1 saturated heterocycles. The van der Waals surface area contributed by atoms with Crippen LogP contribution in [0.3, 0.4) is 0 Å². The second-order valence-electron chi connectivity index (χ2n) is 6.66. The molecule has 0 aromatic heterocycles. The molecule has 2 N–H and O–H groups in total. The number of aryl methyl sites for hydroxylation is 1. The lowest BCUT2D eigenvalue weighted by atomic mass is 9.99. The third-order valence-corrected chi connectivity index (χ3v) is 4.94. The Balaban J connectivity index is 1.37. The van der Waals surface area contributed by atoms with Gasteiger partial charge in [0.25, 0.3) is 0 Å². The highest BCUT2D eigenvalue weighted by Crippen LogP contribution is 2.40. The average molecular weight is 286 g/mol. The van der Waals surface area contributed by atoms with Crippen molar-refractivity contribution in [1.29, 1.82) is 0 Å². The number of unbranched alkanes of at least 4 members (excludes halogenated alkanes) is 1. The summed E-state index contributed by atoms with van der Waals surface area (Å²) in [6.45, 7) is 1.68. The number of carbonyl (C=O) groups is 1. The Kier molecular flexibility index (Phi) is 4.59. The van der Waals surface area contributed by atoms with E-state index in [1.54, 1.807) is 0 Å². The van der Waals surface area contributed by atoms with Gasteiger partial charge >= 0.3 is 0 Å². The lowest BCUT2D eigenvalue weighted by Crippen LogP contribution is -2.32. The first kappa shape index (κ1) is 14.6. The van der Waals surface area contributed by atoms with Crippen LogP contribution in [0.25, 0.3) is 0 Å². The Bertz CT molecular complexity index is 469. The minimum Gasteiger partial charge on any atom is -0.341 e. The zero-order valence-electron chi connectivity index (χ0n) is 12.7. The van der Waals surface area contributed by atoms with Gasteiger partial charge in [0.1, 0.15) is 0 Å². The summed E-state index contributed by atoms with van der Waals surface area (Å²) < 4.78 is 0. The summed E-state index contributed by atoms with van der Waals surface area (Å²) in [6.07, 6.45) is 6.44. The van der Waals surface area contributed by atoms with Crippen LogP contribution in [0.5, 0.6) is 0 Å². The van der Waals surface area contributed by atoms with Crippen molar-refractivity contribution in [1.82, 2.24) is 4.90 Å². The largest absolute Gasteiger partial charge is 0.341 e. The molecule has 1 saturated carbocycles. The maximum Gasteiger partial charge on any atom is 0.222 e. The molecule has 0 radical (unpaired) electrons. The molecule has 2 atom stereocenters. The topological polar surface area (TPSA) is 46.3 Å². The molecular formula is C18H26N2O. The van der Waals surface area contributed by atoms with E-state index in [0.717, 1.165) is 38.3 Å². The normalized spacial score (nSPS) is 25.3. The zero-order valence-corrected chi connectivity index (χ0v) is 12.7. The summed E-state index contributed by atoms with van der Waals surface area (Å²) in [5.41, 5.74) is 7.55. The fourth-order valence-corrected chi connectivity index (χ4v) is 3.49. The molecule has 1 aromatic carbocycles. The third-order valence-electron chi connectivity index (χ3n) is 4.94.